The average molecular weight is 261 g/mol. The zero-order valence-corrected chi connectivity index (χ0v) is 12.1. The van der Waals surface area contributed by atoms with Gasteiger partial charge in [-0.25, -0.2) is 0 Å². The maximum Gasteiger partial charge on any atom is 0.234 e. The number of nitrogens with zero attached hydrogens (tertiary/aromatic N) is 1. The zero-order valence-electron chi connectivity index (χ0n) is 11.3. The quantitative estimate of drug-likeness (QED) is 0.762. The first kappa shape index (κ1) is 12.1. The highest BCUT2D eigenvalue weighted by Gasteiger charge is 2.79. The molecule has 0 bridgehead atoms. The van der Waals surface area contributed by atoms with E-state index in [4.69, 9.17) is 0 Å². The molecule has 2 saturated heterocycles. The molecule has 96 valence electrons. The number of rotatable bonds is 2. The molecule has 3 rings (SSSR count). The lowest BCUT2D eigenvalue weighted by Crippen LogP contribution is -2.83. The van der Waals surface area contributed by atoms with Crippen molar-refractivity contribution in [2.45, 2.75) is 43.9 Å². The molecule has 0 saturated carbocycles. The topological polar surface area (TPSA) is 20.3 Å². The maximum atomic E-state index is 12.5. The third-order valence-corrected chi connectivity index (χ3v) is 6.57. The van der Waals surface area contributed by atoms with Crippen molar-refractivity contribution in [1.82, 2.24) is 4.90 Å². The van der Waals surface area contributed by atoms with Crippen LogP contribution in [-0.4, -0.2) is 22.1 Å². The average Bonchev–Trinajstić information content (AvgIpc) is 2.37. The van der Waals surface area contributed by atoms with Crippen molar-refractivity contribution in [3.63, 3.8) is 0 Å². The van der Waals surface area contributed by atoms with Crippen LogP contribution in [0, 0.1) is 5.41 Å². The summed E-state index contributed by atoms with van der Waals surface area (Å²) in [6.07, 6.45) is 0. The van der Waals surface area contributed by atoms with Gasteiger partial charge in [-0.15, -0.1) is 11.8 Å². The molecule has 2 nitrogen and oxygen atoms in total. The number of hydrogen-bond donors (Lipinski definition) is 0. The number of amides is 1. The first-order valence-corrected chi connectivity index (χ1v) is 7.41. The second-order valence-corrected chi connectivity index (χ2v) is 7.28. The number of thioether (sulfide) groups is 1. The van der Waals surface area contributed by atoms with E-state index in [-0.39, 0.29) is 16.3 Å². The number of β-lactam (4-membered cyclic amide) rings is 1. The normalized spacial score (nSPS) is 38.2. The van der Waals surface area contributed by atoms with Crippen LogP contribution in [-0.2, 0) is 9.67 Å². The third-order valence-electron chi connectivity index (χ3n) is 4.55. The molecule has 1 aromatic rings. The summed E-state index contributed by atoms with van der Waals surface area (Å²) < 4.78 is 0. The Morgan fingerprint density at radius 3 is 2.39 bits per heavy atom. The lowest BCUT2D eigenvalue weighted by molar-refractivity contribution is -0.187. The third kappa shape index (κ3) is 1.05. The highest BCUT2D eigenvalue weighted by Crippen LogP contribution is 2.75. The number of likely N-dealkylation sites (tertiary alicyclic amines) is 1. The molecule has 1 unspecified atom stereocenters. The minimum absolute atomic E-state index is 0.126. The summed E-state index contributed by atoms with van der Waals surface area (Å²) >= 11 is 1.92. The minimum atomic E-state index is -0.219. The maximum absolute atomic E-state index is 12.5. The van der Waals surface area contributed by atoms with Crippen LogP contribution in [0.25, 0.3) is 0 Å². The number of carbonyl (C=O) groups excluding carboxylic acids is 1. The summed E-state index contributed by atoms with van der Waals surface area (Å²) in [6.45, 7) is 8.50. The molecule has 0 N–H and O–H groups in total. The molecule has 0 aliphatic carbocycles. The summed E-state index contributed by atoms with van der Waals surface area (Å²) in [6, 6.07) is 10.7. The van der Waals surface area contributed by atoms with Crippen molar-refractivity contribution in [2.75, 3.05) is 0 Å². The predicted octanol–water partition coefficient (Wildman–Crippen LogP) is 3.23. The van der Waals surface area contributed by atoms with Gasteiger partial charge < -0.3 is 4.90 Å². The van der Waals surface area contributed by atoms with Crippen LogP contribution in [0.5, 0.6) is 0 Å². The monoisotopic (exact) mass is 261 g/mol. The van der Waals surface area contributed by atoms with Gasteiger partial charge in [0.25, 0.3) is 0 Å². The first-order chi connectivity index (χ1) is 8.46. The molecule has 2 aliphatic heterocycles. The van der Waals surface area contributed by atoms with Crippen LogP contribution in [0.4, 0.5) is 0 Å². The molecule has 0 spiro atoms. The molecule has 0 radical (unpaired) electrons. The molecule has 3 atom stereocenters. The Morgan fingerprint density at radius 1 is 1.28 bits per heavy atom. The van der Waals surface area contributed by atoms with Crippen molar-refractivity contribution in [3.05, 3.63) is 35.9 Å². The van der Waals surface area contributed by atoms with Gasteiger partial charge in [0, 0.05) is 11.3 Å². The number of hydrogen-bond acceptors (Lipinski definition) is 2. The Morgan fingerprint density at radius 2 is 1.89 bits per heavy atom. The number of carbonyl (C=O) groups is 1. The molecule has 1 aromatic carbocycles. The van der Waals surface area contributed by atoms with E-state index >= 15 is 0 Å². The Kier molecular flexibility index (Phi) is 2.37. The van der Waals surface area contributed by atoms with E-state index in [0.29, 0.717) is 11.2 Å². The fourth-order valence-electron chi connectivity index (χ4n) is 3.45. The Balaban J connectivity index is 2.11. The largest absolute Gasteiger partial charge is 0.320 e. The van der Waals surface area contributed by atoms with Gasteiger partial charge in [-0.3, -0.25) is 4.79 Å². The SMILES string of the molecule is CC(C)N1C(=O)[C@]2(C)C(C)S[C@]12c1ccccc1. The number of fused-ring (bicyclic) bond motifs is 1. The molecule has 3 heteroatoms. The lowest BCUT2D eigenvalue weighted by Gasteiger charge is -2.74. The van der Waals surface area contributed by atoms with E-state index in [1.807, 2.05) is 17.8 Å². The zero-order chi connectivity index (χ0) is 13.1. The Bertz CT molecular complexity index is 500. The molecule has 2 fully saturated rings. The second-order valence-electron chi connectivity index (χ2n) is 5.74. The highest BCUT2D eigenvalue weighted by atomic mass is 32.2. The molecule has 1 amide bonds. The fraction of sp³-hybridized carbons (Fsp3) is 0.533. The summed E-state index contributed by atoms with van der Waals surface area (Å²) in [7, 11) is 0. The molecule has 18 heavy (non-hydrogen) atoms. The molecule has 2 aliphatic rings. The summed E-state index contributed by atoms with van der Waals surface area (Å²) in [4.78, 5) is 14.4. The van der Waals surface area contributed by atoms with Gasteiger partial charge in [-0.05, 0) is 26.3 Å². The van der Waals surface area contributed by atoms with E-state index < -0.39 is 0 Å². The van der Waals surface area contributed by atoms with Gasteiger partial charge in [0.15, 0.2) is 0 Å². The molecular formula is C15H19NOS. The van der Waals surface area contributed by atoms with Gasteiger partial charge >= 0.3 is 0 Å². The van der Waals surface area contributed by atoms with E-state index in [0.717, 1.165) is 0 Å². The summed E-state index contributed by atoms with van der Waals surface area (Å²) in [5.74, 6) is 0.313. The van der Waals surface area contributed by atoms with Gasteiger partial charge in [-0.2, -0.15) is 0 Å². The van der Waals surface area contributed by atoms with Crippen LogP contribution < -0.4 is 0 Å². The molecular weight excluding hydrogens is 242 g/mol. The van der Waals surface area contributed by atoms with E-state index in [1.54, 1.807) is 0 Å². The first-order valence-electron chi connectivity index (χ1n) is 6.53. The van der Waals surface area contributed by atoms with Crippen LogP contribution in [0.1, 0.15) is 33.3 Å². The van der Waals surface area contributed by atoms with Crippen molar-refractivity contribution < 1.29 is 4.79 Å². The smallest absolute Gasteiger partial charge is 0.234 e. The lowest BCUT2D eigenvalue weighted by atomic mass is 9.64. The molecule has 0 aromatic heterocycles. The van der Waals surface area contributed by atoms with Crippen molar-refractivity contribution in [3.8, 4) is 0 Å². The van der Waals surface area contributed by atoms with E-state index in [1.165, 1.54) is 5.56 Å². The molecule has 2 heterocycles. The van der Waals surface area contributed by atoms with Crippen molar-refractivity contribution in [2.24, 2.45) is 5.41 Å². The van der Waals surface area contributed by atoms with E-state index in [2.05, 4.69) is 56.9 Å². The van der Waals surface area contributed by atoms with E-state index in [9.17, 15) is 4.79 Å². The Hall–Kier alpha value is -0.960. The summed E-state index contributed by atoms with van der Waals surface area (Å²) in [5, 5.41) is 0.403. The van der Waals surface area contributed by atoms with Crippen LogP contribution in [0.3, 0.4) is 0 Å². The van der Waals surface area contributed by atoms with Crippen LogP contribution in [0.15, 0.2) is 30.3 Å². The van der Waals surface area contributed by atoms with Gasteiger partial charge in [0.1, 0.15) is 4.87 Å². The van der Waals surface area contributed by atoms with Gasteiger partial charge in [-0.1, -0.05) is 37.3 Å². The Labute approximate surface area is 113 Å². The fourth-order valence-corrected chi connectivity index (χ4v) is 5.47. The van der Waals surface area contributed by atoms with Crippen molar-refractivity contribution in [1.29, 1.82) is 0 Å². The van der Waals surface area contributed by atoms with Crippen molar-refractivity contribution >= 4 is 17.7 Å². The predicted molar refractivity (Wildman–Crippen MR) is 75.3 cm³/mol. The second kappa shape index (κ2) is 3.53. The summed E-state index contributed by atoms with van der Waals surface area (Å²) in [5.41, 5.74) is 1.05. The minimum Gasteiger partial charge on any atom is -0.320 e. The van der Waals surface area contributed by atoms with Gasteiger partial charge in [0.05, 0.1) is 5.41 Å². The van der Waals surface area contributed by atoms with Crippen LogP contribution in [0.2, 0.25) is 0 Å². The van der Waals surface area contributed by atoms with Gasteiger partial charge in [0.2, 0.25) is 5.91 Å². The van der Waals surface area contributed by atoms with Crippen LogP contribution >= 0.6 is 11.8 Å². The standard InChI is InChI=1S/C15H19NOS/c1-10(2)16-13(17)14(4)11(3)18-15(14,16)12-8-6-5-7-9-12/h5-11H,1-4H3/t11?,14-,15-/m0/s1. The highest BCUT2D eigenvalue weighted by molar-refractivity contribution is 8.02. The number of benzene rings is 1.